The Labute approximate surface area is 98.2 Å². The van der Waals surface area contributed by atoms with Gasteiger partial charge in [-0.1, -0.05) is 19.1 Å². The Balaban J connectivity index is 1.57. The van der Waals surface area contributed by atoms with Crippen LogP contribution in [0.15, 0.2) is 12.2 Å². The molecule has 2 fully saturated rings. The van der Waals surface area contributed by atoms with E-state index < -0.39 is 0 Å². The molecule has 2 aliphatic rings. The van der Waals surface area contributed by atoms with Gasteiger partial charge in [0.1, 0.15) is 0 Å². The minimum Gasteiger partial charge on any atom is -0.381 e. The van der Waals surface area contributed by atoms with Crippen molar-refractivity contribution in [1.82, 2.24) is 5.32 Å². The maximum absolute atomic E-state index is 5.84. The maximum Gasteiger partial charge on any atom is 0.0936 e. The highest BCUT2D eigenvalue weighted by molar-refractivity contribution is 5.04. The molecular weight excluding hydrogens is 202 g/mol. The standard InChI is InChI=1S/C13H23NO2/c1-2-6-15-7-4-3-5-12-8-13(16-9-12)10-14-11-13/h3,5,12,14H,2,4,6-11H2,1H3/b5-3-/t12-/m1/s1. The average Bonchev–Trinajstić information content (AvgIpc) is 2.67. The van der Waals surface area contributed by atoms with Gasteiger partial charge in [-0.05, 0) is 19.3 Å². The van der Waals surface area contributed by atoms with Gasteiger partial charge in [-0.25, -0.2) is 0 Å². The smallest absolute Gasteiger partial charge is 0.0936 e. The zero-order valence-corrected chi connectivity index (χ0v) is 10.2. The number of ether oxygens (including phenoxy) is 2. The van der Waals surface area contributed by atoms with Gasteiger partial charge in [0.2, 0.25) is 0 Å². The van der Waals surface area contributed by atoms with Crippen molar-refractivity contribution in [3.05, 3.63) is 12.2 Å². The first-order chi connectivity index (χ1) is 7.85. The Hall–Kier alpha value is -0.380. The van der Waals surface area contributed by atoms with Crippen molar-refractivity contribution in [1.29, 1.82) is 0 Å². The van der Waals surface area contributed by atoms with E-state index in [0.717, 1.165) is 45.8 Å². The van der Waals surface area contributed by atoms with Crippen LogP contribution in [0.3, 0.4) is 0 Å². The lowest BCUT2D eigenvalue weighted by atomic mass is 9.89. The van der Waals surface area contributed by atoms with Crippen LogP contribution >= 0.6 is 0 Å². The highest BCUT2D eigenvalue weighted by atomic mass is 16.5. The lowest BCUT2D eigenvalue weighted by molar-refractivity contribution is -0.0361. The normalized spacial score (nSPS) is 27.7. The Morgan fingerprint density at radius 1 is 1.44 bits per heavy atom. The molecule has 0 saturated carbocycles. The summed E-state index contributed by atoms with van der Waals surface area (Å²) in [6.45, 7) is 6.85. The fraction of sp³-hybridized carbons (Fsp3) is 0.846. The third kappa shape index (κ3) is 3.06. The maximum atomic E-state index is 5.84. The topological polar surface area (TPSA) is 30.5 Å². The molecule has 0 aromatic carbocycles. The fourth-order valence-corrected chi connectivity index (χ4v) is 2.34. The first kappa shape index (κ1) is 12.1. The quantitative estimate of drug-likeness (QED) is 0.552. The lowest BCUT2D eigenvalue weighted by Crippen LogP contribution is -2.59. The van der Waals surface area contributed by atoms with Crippen molar-refractivity contribution in [2.45, 2.75) is 31.8 Å². The van der Waals surface area contributed by atoms with Crippen molar-refractivity contribution in [2.75, 3.05) is 32.9 Å². The Bertz CT molecular complexity index is 236. The van der Waals surface area contributed by atoms with E-state index in [1.54, 1.807) is 0 Å². The summed E-state index contributed by atoms with van der Waals surface area (Å²) in [7, 11) is 0. The van der Waals surface area contributed by atoms with Crippen molar-refractivity contribution >= 4 is 0 Å². The van der Waals surface area contributed by atoms with Crippen LogP contribution in [0.25, 0.3) is 0 Å². The predicted octanol–water partition coefficient (Wildman–Crippen LogP) is 1.74. The summed E-state index contributed by atoms with van der Waals surface area (Å²) in [5.41, 5.74) is 0.188. The van der Waals surface area contributed by atoms with Crippen molar-refractivity contribution in [3.63, 3.8) is 0 Å². The van der Waals surface area contributed by atoms with E-state index in [9.17, 15) is 0 Å². The van der Waals surface area contributed by atoms with E-state index in [1.807, 2.05) is 0 Å². The van der Waals surface area contributed by atoms with Crippen LogP contribution < -0.4 is 5.32 Å². The van der Waals surface area contributed by atoms with Crippen molar-refractivity contribution in [2.24, 2.45) is 5.92 Å². The first-order valence-corrected chi connectivity index (χ1v) is 6.44. The molecule has 1 N–H and O–H groups in total. The second-order valence-corrected chi connectivity index (χ2v) is 4.89. The molecule has 1 spiro atoms. The number of hydrogen-bond donors (Lipinski definition) is 1. The summed E-state index contributed by atoms with van der Waals surface area (Å²) in [5.74, 6) is 0.619. The van der Waals surface area contributed by atoms with Gasteiger partial charge in [-0.15, -0.1) is 0 Å². The molecule has 0 aromatic rings. The van der Waals surface area contributed by atoms with Crippen molar-refractivity contribution in [3.8, 4) is 0 Å². The summed E-state index contributed by atoms with van der Waals surface area (Å²) in [4.78, 5) is 0. The highest BCUT2D eigenvalue weighted by Gasteiger charge is 2.44. The Morgan fingerprint density at radius 2 is 2.31 bits per heavy atom. The molecule has 2 rings (SSSR count). The summed E-state index contributed by atoms with van der Waals surface area (Å²) in [6.07, 6.45) is 7.88. The molecule has 0 aromatic heterocycles. The van der Waals surface area contributed by atoms with Gasteiger partial charge < -0.3 is 14.8 Å². The fourth-order valence-electron chi connectivity index (χ4n) is 2.34. The summed E-state index contributed by atoms with van der Waals surface area (Å²) in [6, 6.07) is 0. The SMILES string of the molecule is CCCOCC/C=C\[C@H]1COC2(CNC2)C1. The van der Waals surface area contributed by atoms with Gasteiger partial charge in [0.25, 0.3) is 0 Å². The highest BCUT2D eigenvalue weighted by Crippen LogP contribution is 2.33. The van der Waals surface area contributed by atoms with Gasteiger partial charge in [0.15, 0.2) is 0 Å². The van der Waals surface area contributed by atoms with Crippen LogP contribution in [0.4, 0.5) is 0 Å². The molecule has 2 saturated heterocycles. The van der Waals surface area contributed by atoms with Crippen LogP contribution in [0, 0.1) is 5.92 Å². The van der Waals surface area contributed by atoms with Crippen LogP contribution in [-0.4, -0.2) is 38.5 Å². The molecule has 0 radical (unpaired) electrons. The number of hydrogen-bond acceptors (Lipinski definition) is 3. The number of nitrogens with one attached hydrogen (secondary N) is 1. The van der Waals surface area contributed by atoms with Crippen LogP contribution in [0.1, 0.15) is 26.2 Å². The zero-order chi connectivity index (χ0) is 11.3. The van der Waals surface area contributed by atoms with Gasteiger partial charge >= 0.3 is 0 Å². The van der Waals surface area contributed by atoms with E-state index in [1.165, 1.54) is 6.42 Å². The molecule has 2 aliphatic heterocycles. The monoisotopic (exact) mass is 225 g/mol. The number of rotatable bonds is 6. The minimum atomic E-state index is 0.188. The third-order valence-electron chi connectivity index (χ3n) is 3.32. The average molecular weight is 225 g/mol. The van der Waals surface area contributed by atoms with Crippen LogP contribution in [-0.2, 0) is 9.47 Å². The largest absolute Gasteiger partial charge is 0.381 e. The molecule has 3 heteroatoms. The molecule has 2 heterocycles. The van der Waals surface area contributed by atoms with Crippen LogP contribution in [0.5, 0.6) is 0 Å². The molecule has 0 unspecified atom stereocenters. The third-order valence-corrected chi connectivity index (χ3v) is 3.32. The van der Waals surface area contributed by atoms with Crippen LogP contribution in [0.2, 0.25) is 0 Å². The Morgan fingerprint density at radius 3 is 2.94 bits per heavy atom. The van der Waals surface area contributed by atoms with Gasteiger partial charge in [0.05, 0.1) is 18.8 Å². The molecule has 0 amide bonds. The predicted molar refractivity (Wildman–Crippen MR) is 64.5 cm³/mol. The first-order valence-electron chi connectivity index (χ1n) is 6.44. The van der Waals surface area contributed by atoms with Gasteiger partial charge in [-0.2, -0.15) is 0 Å². The molecule has 16 heavy (non-hydrogen) atoms. The molecule has 0 aliphatic carbocycles. The second kappa shape index (κ2) is 5.80. The molecular formula is C13H23NO2. The molecule has 3 nitrogen and oxygen atoms in total. The molecule has 0 bridgehead atoms. The van der Waals surface area contributed by atoms with E-state index in [-0.39, 0.29) is 5.60 Å². The van der Waals surface area contributed by atoms with Crippen molar-refractivity contribution < 1.29 is 9.47 Å². The molecule has 92 valence electrons. The van der Waals surface area contributed by atoms with E-state index in [0.29, 0.717) is 5.92 Å². The second-order valence-electron chi connectivity index (χ2n) is 4.89. The van der Waals surface area contributed by atoms with Gasteiger partial charge in [-0.3, -0.25) is 0 Å². The summed E-state index contributed by atoms with van der Waals surface area (Å²) < 4.78 is 11.3. The summed E-state index contributed by atoms with van der Waals surface area (Å²) in [5, 5.41) is 3.29. The minimum absolute atomic E-state index is 0.188. The molecule has 1 atom stereocenters. The zero-order valence-electron chi connectivity index (χ0n) is 10.2. The van der Waals surface area contributed by atoms with Gasteiger partial charge in [0, 0.05) is 25.6 Å². The lowest BCUT2D eigenvalue weighted by Gasteiger charge is -2.38. The van der Waals surface area contributed by atoms with E-state index in [2.05, 4.69) is 24.4 Å². The van der Waals surface area contributed by atoms with E-state index >= 15 is 0 Å². The van der Waals surface area contributed by atoms with E-state index in [4.69, 9.17) is 9.47 Å². The Kier molecular flexibility index (Phi) is 4.38. The summed E-state index contributed by atoms with van der Waals surface area (Å²) >= 11 is 0.